The van der Waals surface area contributed by atoms with Gasteiger partial charge in [-0.2, -0.15) is 0 Å². The summed E-state index contributed by atoms with van der Waals surface area (Å²) in [5.41, 5.74) is 14.1. The number of anilines is 2. The Labute approximate surface area is 88.9 Å². The fourth-order valence-electron chi connectivity index (χ4n) is 2.07. The Morgan fingerprint density at radius 3 is 2.27 bits per heavy atom. The van der Waals surface area contributed by atoms with Crippen LogP contribution < -0.4 is 17.0 Å². The summed E-state index contributed by atoms with van der Waals surface area (Å²) in [5.74, 6) is 0. The van der Waals surface area contributed by atoms with Crippen LogP contribution >= 0.6 is 0 Å². The number of nitrogen functional groups attached to an aromatic ring is 2. The molecule has 0 aliphatic heterocycles. The van der Waals surface area contributed by atoms with Gasteiger partial charge in [0.15, 0.2) is 0 Å². The van der Waals surface area contributed by atoms with Gasteiger partial charge >= 0.3 is 0 Å². The number of hydrogen-bond donors (Lipinski definition) is 2. The molecule has 2 rings (SSSR count). The first-order chi connectivity index (χ1) is 7.04. The quantitative estimate of drug-likeness (QED) is 0.730. The molecule has 1 fully saturated rings. The van der Waals surface area contributed by atoms with Crippen molar-refractivity contribution in [2.24, 2.45) is 0 Å². The van der Waals surface area contributed by atoms with E-state index in [0.717, 1.165) is 18.5 Å². The van der Waals surface area contributed by atoms with Crippen LogP contribution in [0.15, 0.2) is 4.79 Å². The monoisotopic (exact) mass is 207 g/mol. The Balaban J connectivity index is 2.68. The first-order valence-electron chi connectivity index (χ1n) is 5.30. The Morgan fingerprint density at radius 1 is 1.20 bits per heavy atom. The van der Waals surface area contributed by atoms with Gasteiger partial charge in [0, 0.05) is 17.3 Å². The molecule has 0 unspecified atom stereocenters. The highest BCUT2D eigenvalue weighted by Crippen LogP contribution is 2.33. The minimum absolute atomic E-state index is 0.0797. The second-order valence-corrected chi connectivity index (χ2v) is 4.30. The molecule has 15 heavy (non-hydrogen) atoms. The first-order valence-corrected chi connectivity index (χ1v) is 5.30. The number of rotatable bonds is 1. The second kappa shape index (κ2) is 3.29. The highest BCUT2D eigenvalue weighted by atomic mass is 16.1. The summed E-state index contributed by atoms with van der Waals surface area (Å²) in [7, 11) is 0. The lowest BCUT2D eigenvalue weighted by Gasteiger charge is -2.30. The number of hydrogen-bond acceptors (Lipinski definition) is 3. The SMILES string of the molecule is Cc1c(N)c(C)n(C2CCC2)c(=O)c1N. The van der Waals surface area contributed by atoms with Crippen LogP contribution in [0.25, 0.3) is 0 Å². The van der Waals surface area contributed by atoms with E-state index in [1.807, 2.05) is 6.92 Å². The molecule has 4 nitrogen and oxygen atoms in total. The Hall–Kier alpha value is -1.45. The topological polar surface area (TPSA) is 74.0 Å². The van der Waals surface area contributed by atoms with Gasteiger partial charge in [0.05, 0.1) is 5.69 Å². The van der Waals surface area contributed by atoms with E-state index in [-0.39, 0.29) is 5.56 Å². The van der Waals surface area contributed by atoms with Crippen LogP contribution in [0.3, 0.4) is 0 Å². The zero-order valence-electron chi connectivity index (χ0n) is 9.21. The molecule has 0 radical (unpaired) electrons. The molecule has 0 aromatic carbocycles. The smallest absolute Gasteiger partial charge is 0.274 e. The fraction of sp³-hybridized carbons (Fsp3) is 0.545. The Morgan fingerprint density at radius 2 is 1.80 bits per heavy atom. The summed E-state index contributed by atoms with van der Waals surface area (Å²) in [6.07, 6.45) is 3.30. The molecule has 1 aliphatic carbocycles. The van der Waals surface area contributed by atoms with Gasteiger partial charge in [-0.1, -0.05) is 0 Å². The molecule has 1 heterocycles. The fourth-order valence-corrected chi connectivity index (χ4v) is 2.07. The zero-order valence-corrected chi connectivity index (χ0v) is 9.21. The van der Waals surface area contributed by atoms with Gasteiger partial charge in [-0.15, -0.1) is 0 Å². The van der Waals surface area contributed by atoms with Crippen LogP contribution in [0, 0.1) is 13.8 Å². The standard InChI is InChI=1S/C11H17N3O/c1-6-9(12)7(2)14(8-4-3-5-8)11(15)10(6)13/h8H,3-5,12-13H2,1-2H3. The van der Waals surface area contributed by atoms with Gasteiger partial charge in [0.1, 0.15) is 5.69 Å². The zero-order chi connectivity index (χ0) is 11.2. The van der Waals surface area contributed by atoms with E-state index in [4.69, 9.17) is 11.5 Å². The van der Waals surface area contributed by atoms with Crippen LogP contribution in [0.1, 0.15) is 36.6 Å². The van der Waals surface area contributed by atoms with Crippen molar-refractivity contribution in [1.29, 1.82) is 0 Å². The molecule has 1 aromatic heterocycles. The first kappa shape index (κ1) is 10.1. The number of pyridine rings is 1. The normalized spacial score (nSPS) is 16.4. The number of nitrogens with two attached hydrogens (primary N) is 2. The predicted molar refractivity (Wildman–Crippen MR) is 61.9 cm³/mol. The third-order valence-corrected chi connectivity index (χ3v) is 3.45. The maximum atomic E-state index is 12.0. The van der Waals surface area contributed by atoms with Crippen LogP contribution in [-0.4, -0.2) is 4.57 Å². The Bertz CT molecular complexity index is 458. The van der Waals surface area contributed by atoms with Gasteiger partial charge in [0.2, 0.25) is 0 Å². The van der Waals surface area contributed by atoms with E-state index in [1.165, 1.54) is 6.42 Å². The van der Waals surface area contributed by atoms with Crippen molar-refractivity contribution in [3.05, 3.63) is 21.6 Å². The van der Waals surface area contributed by atoms with Crippen molar-refractivity contribution in [1.82, 2.24) is 4.57 Å². The molecular weight excluding hydrogens is 190 g/mol. The predicted octanol–water partition coefficient (Wildman–Crippen LogP) is 1.35. The van der Waals surface area contributed by atoms with Crippen molar-refractivity contribution < 1.29 is 0 Å². The molecule has 0 spiro atoms. The molecule has 0 atom stereocenters. The van der Waals surface area contributed by atoms with Crippen molar-refractivity contribution in [2.45, 2.75) is 39.2 Å². The summed E-state index contributed by atoms with van der Waals surface area (Å²) in [4.78, 5) is 12.0. The molecular formula is C11H17N3O. The minimum Gasteiger partial charge on any atom is -0.397 e. The van der Waals surface area contributed by atoms with E-state index in [0.29, 0.717) is 23.0 Å². The lowest BCUT2D eigenvalue weighted by molar-refractivity contribution is 0.302. The van der Waals surface area contributed by atoms with Crippen LogP contribution in [0.4, 0.5) is 11.4 Å². The van der Waals surface area contributed by atoms with Crippen LogP contribution in [-0.2, 0) is 0 Å². The second-order valence-electron chi connectivity index (χ2n) is 4.30. The molecule has 0 saturated heterocycles. The molecule has 4 heteroatoms. The summed E-state index contributed by atoms with van der Waals surface area (Å²) in [6, 6.07) is 0.308. The molecule has 1 saturated carbocycles. The third-order valence-electron chi connectivity index (χ3n) is 3.45. The highest BCUT2D eigenvalue weighted by Gasteiger charge is 2.24. The van der Waals surface area contributed by atoms with E-state index >= 15 is 0 Å². The average molecular weight is 207 g/mol. The van der Waals surface area contributed by atoms with Crippen LogP contribution in [0.5, 0.6) is 0 Å². The van der Waals surface area contributed by atoms with Crippen LogP contribution in [0.2, 0.25) is 0 Å². The van der Waals surface area contributed by atoms with E-state index in [2.05, 4.69) is 0 Å². The third kappa shape index (κ3) is 1.32. The van der Waals surface area contributed by atoms with Gasteiger partial charge in [-0.05, 0) is 33.1 Å². The minimum atomic E-state index is -0.0797. The van der Waals surface area contributed by atoms with Gasteiger partial charge in [-0.25, -0.2) is 0 Å². The van der Waals surface area contributed by atoms with Crippen molar-refractivity contribution >= 4 is 11.4 Å². The Kier molecular flexibility index (Phi) is 2.21. The van der Waals surface area contributed by atoms with E-state index < -0.39 is 0 Å². The molecule has 0 bridgehead atoms. The maximum absolute atomic E-state index is 12.0. The maximum Gasteiger partial charge on any atom is 0.274 e. The molecule has 1 aromatic rings. The molecule has 4 N–H and O–H groups in total. The summed E-state index contributed by atoms with van der Waals surface area (Å²) in [5, 5.41) is 0. The number of aromatic nitrogens is 1. The molecule has 82 valence electrons. The van der Waals surface area contributed by atoms with Gasteiger partial charge < -0.3 is 16.0 Å². The van der Waals surface area contributed by atoms with Crippen molar-refractivity contribution in [3.63, 3.8) is 0 Å². The van der Waals surface area contributed by atoms with Gasteiger partial charge in [-0.3, -0.25) is 4.79 Å². The lowest BCUT2D eigenvalue weighted by Crippen LogP contribution is -2.33. The molecule has 0 amide bonds. The summed E-state index contributed by atoms with van der Waals surface area (Å²) >= 11 is 0. The van der Waals surface area contributed by atoms with E-state index in [9.17, 15) is 4.79 Å². The summed E-state index contributed by atoms with van der Waals surface area (Å²) in [6.45, 7) is 3.69. The van der Waals surface area contributed by atoms with Crippen molar-refractivity contribution in [2.75, 3.05) is 11.5 Å². The highest BCUT2D eigenvalue weighted by molar-refractivity contribution is 5.61. The lowest BCUT2D eigenvalue weighted by atomic mass is 9.92. The largest absolute Gasteiger partial charge is 0.397 e. The van der Waals surface area contributed by atoms with E-state index in [1.54, 1.807) is 11.5 Å². The average Bonchev–Trinajstić information content (AvgIpc) is 2.15. The van der Waals surface area contributed by atoms with Gasteiger partial charge in [0.25, 0.3) is 5.56 Å². The molecule has 1 aliphatic rings. The summed E-state index contributed by atoms with van der Waals surface area (Å²) < 4.78 is 1.77. The number of nitrogens with zero attached hydrogens (tertiary/aromatic N) is 1. The van der Waals surface area contributed by atoms with Crippen molar-refractivity contribution in [3.8, 4) is 0 Å².